The number of rotatable bonds is 9. The molecule has 1 aromatic rings. The summed E-state index contributed by atoms with van der Waals surface area (Å²) < 4.78 is 5.12. The maximum atomic E-state index is 11.9. The van der Waals surface area contributed by atoms with Crippen molar-refractivity contribution in [3.63, 3.8) is 0 Å². The lowest BCUT2D eigenvalue weighted by Gasteiger charge is -2.24. The molecule has 0 bridgehead atoms. The zero-order valence-electron chi connectivity index (χ0n) is 13.2. The standard InChI is InChI=1S/C17H23NO4/c1-4-10-22-17(21)14-6-5-7-15(11-14)18(12-13(2)3)9-8-16(19)20/h5-7,11H,2,4,8-10,12H2,1,3H3,(H,19,20). The van der Waals surface area contributed by atoms with Crippen molar-refractivity contribution in [2.75, 3.05) is 24.6 Å². The summed E-state index contributed by atoms with van der Waals surface area (Å²) in [6.07, 6.45) is 0.795. The SMILES string of the molecule is C=C(C)CN(CCC(=O)O)c1cccc(C(=O)OCCC)c1. The van der Waals surface area contributed by atoms with Crippen molar-refractivity contribution in [1.29, 1.82) is 0 Å². The average molecular weight is 305 g/mol. The first-order chi connectivity index (χ1) is 10.4. The van der Waals surface area contributed by atoms with Crippen LogP contribution in [0.5, 0.6) is 0 Å². The number of esters is 1. The summed E-state index contributed by atoms with van der Waals surface area (Å²) in [5, 5.41) is 8.86. The lowest BCUT2D eigenvalue weighted by molar-refractivity contribution is -0.136. The van der Waals surface area contributed by atoms with E-state index >= 15 is 0 Å². The minimum absolute atomic E-state index is 0.0256. The topological polar surface area (TPSA) is 66.8 Å². The summed E-state index contributed by atoms with van der Waals surface area (Å²) in [4.78, 5) is 24.6. The van der Waals surface area contributed by atoms with E-state index in [4.69, 9.17) is 9.84 Å². The predicted octanol–water partition coefficient (Wildman–Crippen LogP) is 3.11. The number of carbonyl (C=O) groups is 2. The van der Waals surface area contributed by atoms with Crippen molar-refractivity contribution < 1.29 is 19.4 Å². The zero-order valence-corrected chi connectivity index (χ0v) is 13.2. The molecule has 0 unspecified atom stereocenters. The number of anilines is 1. The van der Waals surface area contributed by atoms with Crippen LogP contribution in [0.1, 0.15) is 37.0 Å². The molecule has 0 aliphatic rings. The van der Waals surface area contributed by atoms with Crippen molar-refractivity contribution in [2.45, 2.75) is 26.7 Å². The van der Waals surface area contributed by atoms with Crippen molar-refractivity contribution in [3.8, 4) is 0 Å². The first kappa shape index (κ1) is 17.8. The molecular formula is C17H23NO4. The Hall–Kier alpha value is -2.30. The molecule has 0 amide bonds. The van der Waals surface area contributed by atoms with Crippen LogP contribution >= 0.6 is 0 Å². The first-order valence-electron chi connectivity index (χ1n) is 7.32. The minimum Gasteiger partial charge on any atom is -0.481 e. The summed E-state index contributed by atoms with van der Waals surface area (Å²) in [6.45, 7) is 8.97. The van der Waals surface area contributed by atoms with Gasteiger partial charge in [0.2, 0.25) is 0 Å². The van der Waals surface area contributed by atoms with E-state index in [-0.39, 0.29) is 12.4 Å². The van der Waals surface area contributed by atoms with Crippen LogP contribution in [0.4, 0.5) is 5.69 Å². The summed E-state index contributed by atoms with van der Waals surface area (Å²) in [5.74, 6) is -1.22. The number of hydrogen-bond donors (Lipinski definition) is 1. The Morgan fingerprint density at radius 2 is 2.09 bits per heavy atom. The van der Waals surface area contributed by atoms with E-state index < -0.39 is 5.97 Å². The second-order valence-electron chi connectivity index (χ2n) is 5.21. The van der Waals surface area contributed by atoms with Gasteiger partial charge in [-0.1, -0.05) is 25.1 Å². The van der Waals surface area contributed by atoms with E-state index in [0.717, 1.165) is 17.7 Å². The van der Waals surface area contributed by atoms with Gasteiger partial charge in [-0.3, -0.25) is 4.79 Å². The van der Waals surface area contributed by atoms with Crippen LogP contribution in [0.2, 0.25) is 0 Å². The van der Waals surface area contributed by atoms with Gasteiger partial charge in [0, 0.05) is 18.8 Å². The summed E-state index contributed by atoms with van der Waals surface area (Å²) in [5.41, 5.74) is 2.17. The van der Waals surface area contributed by atoms with Crippen LogP contribution < -0.4 is 4.90 Å². The molecule has 0 fully saturated rings. The third kappa shape index (κ3) is 5.99. The smallest absolute Gasteiger partial charge is 0.338 e. The highest BCUT2D eigenvalue weighted by Crippen LogP contribution is 2.18. The van der Waals surface area contributed by atoms with Gasteiger partial charge in [-0.05, 0) is 31.5 Å². The molecule has 0 aliphatic heterocycles. The Bertz CT molecular complexity index is 539. The summed E-state index contributed by atoms with van der Waals surface area (Å²) in [7, 11) is 0. The highest BCUT2D eigenvalue weighted by atomic mass is 16.5. The monoisotopic (exact) mass is 305 g/mol. The number of carboxylic acids is 1. The first-order valence-corrected chi connectivity index (χ1v) is 7.32. The van der Waals surface area contributed by atoms with Crippen LogP contribution in [0.15, 0.2) is 36.4 Å². The normalized spacial score (nSPS) is 10.1. The highest BCUT2D eigenvalue weighted by Gasteiger charge is 2.12. The maximum Gasteiger partial charge on any atom is 0.338 e. The van der Waals surface area contributed by atoms with Gasteiger partial charge < -0.3 is 14.7 Å². The van der Waals surface area contributed by atoms with E-state index in [1.54, 1.807) is 18.2 Å². The van der Waals surface area contributed by atoms with Gasteiger partial charge in [0.05, 0.1) is 18.6 Å². The van der Waals surface area contributed by atoms with Gasteiger partial charge in [0.25, 0.3) is 0 Å². The largest absolute Gasteiger partial charge is 0.481 e. The Kier molecular flexibility index (Phi) is 7.16. The van der Waals surface area contributed by atoms with Crippen molar-refractivity contribution in [3.05, 3.63) is 42.0 Å². The molecule has 0 atom stereocenters. The quantitative estimate of drug-likeness (QED) is 0.561. The predicted molar refractivity (Wildman–Crippen MR) is 86.3 cm³/mol. The molecule has 0 heterocycles. The second kappa shape index (κ2) is 8.87. The number of hydrogen-bond acceptors (Lipinski definition) is 4. The Labute approximate surface area is 131 Å². The van der Waals surface area contributed by atoms with Crippen molar-refractivity contribution >= 4 is 17.6 Å². The molecule has 0 saturated carbocycles. The average Bonchev–Trinajstić information content (AvgIpc) is 2.48. The molecule has 120 valence electrons. The Morgan fingerprint density at radius 1 is 1.36 bits per heavy atom. The van der Waals surface area contributed by atoms with Crippen LogP contribution in [0.3, 0.4) is 0 Å². The molecular weight excluding hydrogens is 282 g/mol. The number of benzene rings is 1. The van der Waals surface area contributed by atoms with Crippen molar-refractivity contribution in [2.24, 2.45) is 0 Å². The third-order valence-corrected chi connectivity index (χ3v) is 2.94. The fourth-order valence-electron chi connectivity index (χ4n) is 1.96. The number of ether oxygens (including phenoxy) is 1. The van der Waals surface area contributed by atoms with Gasteiger partial charge in [0.1, 0.15) is 0 Å². The number of aliphatic carboxylic acids is 1. The van der Waals surface area contributed by atoms with E-state index in [9.17, 15) is 9.59 Å². The molecule has 1 rings (SSSR count). The zero-order chi connectivity index (χ0) is 16.5. The molecule has 1 aromatic carbocycles. The number of carboxylic acid groups (broad SMARTS) is 1. The van der Waals surface area contributed by atoms with Gasteiger partial charge >= 0.3 is 11.9 Å². The lowest BCUT2D eigenvalue weighted by atomic mass is 10.1. The van der Waals surface area contributed by atoms with Crippen molar-refractivity contribution in [1.82, 2.24) is 0 Å². The van der Waals surface area contributed by atoms with Crippen LogP contribution in [0.25, 0.3) is 0 Å². The fraction of sp³-hybridized carbons (Fsp3) is 0.412. The molecule has 22 heavy (non-hydrogen) atoms. The van der Waals surface area contributed by atoms with Gasteiger partial charge in [0.15, 0.2) is 0 Å². The van der Waals surface area contributed by atoms with E-state index in [1.165, 1.54) is 0 Å². The van der Waals surface area contributed by atoms with E-state index in [0.29, 0.717) is 25.3 Å². The van der Waals surface area contributed by atoms with Crippen LogP contribution in [0, 0.1) is 0 Å². The summed E-state index contributed by atoms with van der Waals surface area (Å²) >= 11 is 0. The van der Waals surface area contributed by atoms with Gasteiger partial charge in [-0.25, -0.2) is 4.79 Å². The van der Waals surface area contributed by atoms with Gasteiger partial charge in [-0.2, -0.15) is 0 Å². The Morgan fingerprint density at radius 3 is 2.68 bits per heavy atom. The molecule has 5 heteroatoms. The fourth-order valence-corrected chi connectivity index (χ4v) is 1.96. The molecule has 0 saturated heterocycles. The third-order valence-electron chi connectivity index (χ3n) is 2.94. The molecule has 0 spiro atoms. The van der Waals surface area contributed by atoms with Crippen LogP contribution in [-0.2, 0) is 9.53 Å². The molecule has 0 radical (unpaired) electrons. The van der Waals surface area contributed by atoms with E-state index in [2.05, 4.69) is 6.58 Å². The van der Waals surface area contributed by atoms with E-state index in [1.807, 2.05) is 24.8 Å². The van der Waals surface area contributed by atoms with Gasteiger partial charge in [-0.15, -0.1) is 0 Å². The summed E-state index contributed by atoms with van der Waals surface area (Å²) in [6, 6.07) is 7.03. The molecule has 1 N–H and O–H groups in total. The molecule has 0 aromatic heterocycles. The number of nitrogens with zero attached hydrogens (tertiary/aromatic N) is 1. The minimum atomic E-state index is -0.856. The molecule has 5 nitrogen and oxygen atoms in total. The lowest BCUT2D eigenvalue weighted by Crippen LogP contribution is -2.28. The highest BCUT2D eigenvalue weighted by molar-refractivity contribution is 5.90. The molecule has 0 aliphatic carbocycles. The maximum absolute atomic E-state index is 11.9. The Balaban J connectivity index is 2.91. The second-order valence-corrected chi connectivity index (χ2v) is 5.21. The number of carbonyl (C=O) groups excluding carboxylic acids is 1. The van der Waals surface area contributed by atoms with Crippen LogP contribution in [-0.4, -0.2) is 36.7 Å².